The van der Waals surface area contributed by atoms with Gasteiger partial charge >= 0.3 is 5.97 Å². The number of hydrogen-bond donors (Lipinski definition) is 2. The molecule has 0 radical (unpaired) electrons. The number of aliphatic carboxylic acids is 1. The van der Waals surface area contributed by atoms with Crippen LogP contribution in [-0.2, 0) is 9.59 Å². The highest BCUT2D eigenvalue weighted by atomic mass is 16.4. The van der Waals surface area contributed by atoms with E-state index in [9.17, 15) is 9.59 Å². The van der Waals surface area contributed by atoms with E-state index in [4.69, 9.17) is 10.4 Å². The van der Waals surface area contributed by atoms with Crippen molar-refractivity contribution in [2.24, 2.45) is 0 Å². The quantitative estimate of drug-likeness (QED) is 0.564. The number of carbonyl (C=O) groups is 2. The standard InChI is InChI=1S/C14H21N3O3/c1-2-12-5-3-4-8-17(12)10-11(9-15)14(20)16-7-6-13(18)19/h10,12H,2-8H2,1H3,(H,16,20)(H,18,19)/b11-10-. The van der Waals surface area contributed by atoms with Crippen molar-refractivity contribution in [2.45, 2.75) is 45.1 Å². The van der Waals surface area contributed by atoms with Crippen molar-refractivity contribution in [3.05, 3.63) is 11.8 Å². The molecule has 1 atom stereocenters. The van der Waals surface area contributed by atoms with Crippen molar-refractivity contribution in [1.82, 2.24) is 10.2 Å². The molecule has 20 heavy (non-hydrogen) atoms. The fourth-order valence-electron chi connectivity index (χ4n) is 2.31. The first kappa shape index (κ1) is 16.0. The summed E-state index contributed by atoms with van der Waals surface area (Å²) in [6, 6.07) is 2.27. The lowest BCUT2D eigenvalue weighted by atomic mass is 10.0. The number of likely N-dealkylation sites (tertiary alicyclic amines) is 1. The van der Waals surface area contributed by atoms with Crippen molar-refractivity contribution in [3.8, 4) is 6.07 Å². The molecule has 1 amide bonds. The Morgan fingerprint density at radius 2 is 2.25 bits per heavy atom. The molecular weight excluding hydrogens is 258 g/mol. The van der Waals surface area contributed by atoms with E-state index >= 15 is 0 Å². The molecule has 1 saturated heterocycles. The highest BCUT2D eigenvalue weighted by molar-refractivity contribution is 5.97. The van der Waals surface area contributed by atoms with E-state index in [0.29, 0.717) is 6.04 Å². The molecule has 0 aromatic carbocycles. The molecule has 0 aliphatic carbocycles. The monoisotopic (exact) mass is 279 g/mol. The Bertz CT molecular complexity index is 426. The second-order valence-electron chi connectivity index (χ2n) is 4.85. The minimum atomic E-state index is -0.977. The van der Waals surface area contributed by atoms with Gasteiger partial charge in [0.05, 0.1) is 6.42 Å². The number of piperidine rings is 1. The fraction of sp³-hybridized carbons (Fsp3) is 0.643. The van der Waals surface area contributed by atoms with Gasteiger partial charge in [-0.1, -0.05) is 6.92 Å². The van der Waals surface area contributed by atoms with Crippen molar-refractivity contribution >= 4 is 11.9 Å². The van der Waals surface area contributed by atoms with Gasteiger partial charge in [-0.2, -0.15) is 5.26 Å². The van der Waals surface area contributed by atoms with Gasteiger partial charge in [-0.25, -0.2) is 0 Å². The number of carbonyl (C=O) groups excluding carboxylic acids is 1. The summed E-state index contributed by atoms with van der Waals surface area (Å²) >= 11 is 0. The van der Waals surface area contributed by atoms with Crippen molar-refractivity contribution in [2.75, 3.05) is 13.1 Å². The summed E-state index contributed by atoms with van der Waals surface area (Å²) in [7, 11) is 0. The SMILES string of the molecule is CCC1CCCCN1/C=C(/C#N)C(=O)NCCC(=O)O. The van der Waals surface area contributed by atoms with Crippen LogP contribution in [0.25, 0.3) is 0 Å². The van der Waals surface area contributed by atoms with Gasteiger partial charge in [0.2, 0.25) is 0 Å². The molecule has 0 saturated carbocycles. The summed E-state index contributed by atoms with van der Waals surface area (Å²) in [5.41, 5.74) is 0.0377. The first-order chi connectivity index (χ1) is 9.58. The van der Waals surface area contributed by atoms with Gasteiger partial charge in [-0.15, -0.1) is 0 Å². The topological polar surface area (TPSA) is 93.4 Å². The molecule has 1 aliphatic rings. The lowest BCUT2D eigenvalue weighted by molar-refractivity contribution is -0.136. The number of nitrogens with one attached hydrogen (secondary N) is 1. The van der Waals surface area contributed by atoms with Crippen LogP contribution < -0.4 is 5.32 Å². The lowest BCUT2D eigenvalue weighted by Crippen LogP contribution is -2.36. The van der Waals surface area contributed by atoms with E-state index in [1.54, 1.807) is 6.20 Å². The first-order valence-electron chi connectivity index (χ1n) is 6.96. The second-order valence-corrected chi connectivity index (χ2v) is 4.85. The Morgan fingerprint density at radius 1 is 1.50 bits per heavy atom. The molecule has 2 N–H and O–H groups in total. The molecule has 0 aromatic heterocycles. The number of nitriles is 1. The number of hydrogen-bond acceptors (Lipinski definition) is 4. The Kier molecular flexibility index (Phi) is 6.57. The average molecular weight is 279 g/mol. The van der Waals surface area contributed by atoms with E-state index in [1.807, 2.05) is 6.07 Å². The molecule has 6 nitrogen and oxygen atoms in total. The molecule has 6 heteroatoms. The largest absolute Gasteiger partial charge is 0.481 e. The summed E-state index contributed by atoms with van der Waals surface area (Å²) in [6.07, 6.45) is 5.76. The van der Waals surface area contributed by atoms with Crippen molar-refractivity contribution in [3.63, 3.8) is 0 Å². The third kappa shape index (κ3) is 4.92. The zero-order valence-corrected chi connectivity index (χ0v) is 11.8. The van der Waals surface area contributed by atoms with Crippen molar-refractivity contribution < 1.29 is 14.7 Å². The van der Waals surface area contributed by atoms with Gasteiger partial charge in [0.25, 0.3) is 5.91 Å². The van der Waals surface area contributed by atoms with Gasteiger partial charge in [0.15, 0.2) is 0 Å². The molecule has 1 fully saturated rings. The van der Waals surface area contributed by atoms with Gasteiger partial charge in [-0.05, 0) is 25.7 Å². The van der Waals surface area contributed by atoms with E-state index in [1.165, 1.54) is 6.42 Å². The number of carboxylic acids is 1. The summed E-state index contributed by atoms with van der Waals surface area (Å²) in [5, 5.41) is 20.0. The lowest BCUT2D eigenvalue weighted by Gasteiger charge is -2.34. The van der Waals surface area contributed by atoms with E-state index in [2.05, 4.69) is 17.1 Å². The van der Waals surface area contributed by atoms with Gasteiger partial charge in [-0.3, -0.25) is 9.59 Å². The normalized spacial score (nSPS) is 19.3. The van der Waals surface area contributed by atoms with E-state index < -0.39 is 11.9 Å². The highest BCUT2D eigenvalue weighted by Gasteiger charge is 2.20. The van der Waals surface area contributed by atoms with Crippen molar-refractivity contribution in [1.29, 1.82) is 5.26 Å². The fourth-order valence-corrected chi connectivity index (χ4v) is 2.31. The van der Waals surface area contributed by atoms with Crippen LogP contribution >= 0.6 is 0 Å². The number of nitrogens with zero attached hydrogens (tertiary/aromatic N) is 2. The Balaban J connectivity index is 2.63. The second kappa shape index (κ2) is 8.20. The highest BCUT2D eigenvalue weighted by Crippen LogP contribution is 2.20. The minimum Gasteiger partial charge on any atom is -0.481 e. The third-order valence-electron chi connectivity index (χ3n) is 3.43. The van der Waals surface area contributed by atoms with Crippen LogP contribution in [0.4, 0.5) is 0 Å². The summed E-state index contributed by atoms with van der Waals surface area (Å²) in [5.74, 6) is -1.48. The minimum absolute atomic E-state index is 0.0321. The Labute approximate surface area is 119 Å². The van der Waals surface area contributed by atoms with Crippen LogP contribution in [0.1, 0.15) is 39.0 Å². The van der Waals surface area contributed by atoms with Crippen LogP contribution in [0.15, 0.2) is 11.8 Å². The number of rotatable bonds is 6. The molecule has 110 valence electrons. The molecule has 0 bridgehead atoms. The maximum atomic E-state index is 11.8. The Hall–Kier alpha value is -2.03. The molecular formula is C14H21N3O3. The van der Waals surface area contributed by atoms with E-state index in [-0.39, 0.29) is 18.5 Å². The Morgan fingerprint density at radius 3 is 2.85 bits per heavy atom. The molecule has 0 aromatic rings. The predicted molar refractivity (Wildman–Crippen MR) is 73.6 cm³/mol. The number of carboxylic acid groups (broad SMARTS) is 1. The molecule has 1 aliphatic heterocycles. The van der Waals surface area contributed by atoms with Gasteiger partial charge < -0.3 is 15.3 Å². The van der Waals surface area contributed by atoms with Crippen LogP contribution in [0.2, 0.25) is 0 Å². The van der Waals surface area contributed by atoms with Crippen LogP contribution in [0, 0.1) is 11.3 Å². The van der Waals surface area contributed by atoms with Gasteiger partial charge in [0, 0.05) is 25.3 Å². The first-order valence-corrected chi connectivity index (χ1v) is 6.96. The van der Waals surface area contributed by atoms with Crippen LogP contribution in [0.5, 0.6) is 0 Å². The van der Waals surface area contributed by atoms with E-state index in [0.717, 1.165) is 25.8 Å². The maximum Gasteiger partial charge on any atom is 0.305 e. The molecule has 1 heterocycles. The maximum absolute atomic E-state index is 11.8. The molecule has 1 unspecified atom stereocenters. The predicted octanol–water partition coefficient (Wildman–Crippen LogP) is 1.25. The summed E-state index contributed by atoms with van der Waals surface area (Å²) in [6.45, 7) is 2.98. The number of amides is 1. The third-order valence-corrected chi connectivity index (χ3v) is 3.43. The molecule has 1 rings (SSSR count). The summed E-state index contributed by atoms with van der Waals surface area (Å²) < 4.78 is 0. The van der Waals surface area contributed by atoms with Crippen LogP contribution in [-0.4, -0.2) is 41.0 Å². The zero-order valence-electron chi connectivity index (χ0n) is 11.8. The molecule has 0 spiro atoms. The summed E-state index contributed by atoms with van der Waals surface area (Å²) in [4.78, 5) is 24.2. The average Bonchev–Trinajstić information content (AvgIpc) is 2.44. The van der Waals surface area contributed by atoms with Gasteiger partial charge in [0.1, 0.15) is 11.6 Å². The zero-order chi connectivity index (χ0) is 15.0. The smallest absolute Gasteiger partial charge is 0.305 e. The van der Waals surface area contributed by atoms with Crippen LogP contribution in [0.3, 0.4) is 0 Å².